The highest BCUT2D eigenvalue weighted by Crippen LogP contribution is 2.11. The van der Waals surface area contributed by atoms with Crippen molar-refractivity contribution >= 4 is 17.2 Å². The summed E-state index contributed by atoms with van der Waals surface area (Å²) in [6, 6.07) is 3.75. The molecule has 0 bridgehead atoms. The zero-order chi connectivity index (χ0) is 15.6. The zero-order valence-electron chi connectivity index (χ0n) is 12.6. The molecule has 8 heteroatoms. The number of carbonyl (C=O) groups is 1. The Hall–Kier alpha value is -1.96. The summed E-state index contributed by atoms with van der Waals surface area (Å²) in [7, 11) is 0. The molecule has 0 atom stereocenters. The third-order valence-electron chi connectivity index (χ3n) is 3.04. The quantitative estimate of drug-likeness (QED) is 0.830. The van der Waals surface area contributed by atoms with E-state index in [1.807, 2.05) is 39.1 Å². The second-order valence-corrected chi connectivity index (χ2v) is 6.20. The molecule has 0 saturated carbocycles. The number of nitrogens with zero attached hydrogens (tertiary/aromatic N) is 5. The summed E-state index contributed by atoms with van der Waals surface area (Å²) in [5, 5.41) is 10.1. The second-order valence-electron chi connectivity index (χ2n) is 5.27. The van der Waals surface area contributed by atoms with Crippen LogP contribution in [0.25, 0.3) is 5.00 Å². The fourth-order valence-corrected chi connectivity index (χ4v) is 2.95. The van der Waals surface area contributed by atoms with Crippen molar-refractivity contribution in [1.29, 1.82) is 0 Å². The normalized spacial score (nSPS) is 11.3. The number of hydrogen-bond acceptors (Lipinski definition) is 5. The van der Waals surface area contributed by atoms with Gasteiger partial charge in [-0.25, -0.2) is 4.79 Å². The molecule has 2 rings (SSSR count). The molecule has 7 nitrogen and oxygen atoms in total. The molecule has 114 valence electrons. The van der Waals surface area contributed by atoms with Crippen molar-refractivity contribution in [3.63, 3.8) is 0 Å². The van der Waals surface area contributed by atoms with Gasteiger partial charge in [0.05, 0.1) is 0 Å². The van der Waals surface area contributed by atoms with Gasteiger partial charge >= 0.3 is 5.69 Å². The molecule has 0 N–H and O–H groups in total. The van der Waals surface area contributed by atoms with Crippen LogP contribution in [-0.2, 0) is 11.3 Å². The fourth-order valence-electron chi connectivity index (χ4n) is 2.28. The van der Waals surface area contributed by atoms with Crippen molar-refractivity contribution in [2.45, 2.75) is 46.3 Å². The summed E-state index contributed by atoms with van der Waals surface area (Å²) in [4.78, 5) is 26.3. The van der Waals surface area contributed by atoms with Gasteiger partial charge in [0.25, 0.3) is 0 Å². The molecule has 21 heavy (non-hydrogen) atoms. The summed E-state index contributed by atoms with van der Waals surface area (Å²) < 4.78 is 2.30. The van der Waals surface area contributed by atoms with Gasteiger partial charge in [0.15, 0.2) is 0 Å². The number of rotatable bonds is 5. The fraction of sp³-hybridized carbons (Fsp3) is 0.538. The van der Waals surface area contributed by atoms with Crippen LogP contribution < -0.4 is 5.69 Å². The minimum Gasteiger partial charge on any atom is -0.336 e. The second kappa shape index (κ2) is 6.21. The number of amides is 1. The molecule has 0 unspecified atom stereocenters. The first-order valence-electron chi connectivity index (χ1n) is 6.79. The lowest BCUT2D eigenvalue weighted by Gasteiger charge is -2.30. The number of tetrazole rings is 1. The van der Waals surface area contributed by atoms with E-state index in [-0.39, 0.29) is 24.5 Å². The van der Waals surface area contributed by atoms with Crippen LogP contribution in [0, 0.1) is 0 Å². The van der Waals surface area contributed by atoms with Crippen molar-refractivity contribution in [1.82, 2.24) is 24.7 Å². The van der Waals surface area contributed by atoms with E-state index in [2.05, 4.69) is 10.4 Å². The number of carbonyl (C=O) groups excluding carboxylic acids is 1. The molecule has 2 aromatic heterocycles. The first kappa shape index (κ1) is 15.4. The smallest absolute Gasteiger partial charge is 0.336 e. The third-order valence-corrected chi connectivity index (χ3v) is 3.88. The maximum atomic E-state index is 12.3. The summed E-state index contributed by atoms with van der Waals surface area (Å²) in [6.45, 7) is 7.69. The van der Waals surface area contributed by atoms with Crippen LogP contribution in [0.15, 0.2) is 22.3 Å². The molecule has 0 aliphatic heterocycles. The van der Waals surface area contributed by atoms with Gasteiger partial charge in [-0.3, -0.25) is 4.79 Å². The molecular formula is C13H19N5O2S. The molecule has 0 radical (unpaired) electrons. The van der Waals surface area contributed by atoms with E-state index in [0.29, 0.717) is 5.00 Å². The van der Waals surface area contributed by atoms with Crippen LogP contribution in [0.2, 0.25) is 0 Å². The monoisotopic (exact) mass is 309 g/mol. The first-order chi connectivity index (χ1) is 9.91. The van der Waals surface area contributed by atoms with Crippen LogP contribution in [0.5, 0.6) is 0 Å². The van der Waals surface area contributed by atoms with Gasteiger partial charge in [-0.05, 0) is 55.6 Å². The lowest BCUT2D eigenvalue weighted by molar-refractivity contribution is -0.135. The van der Waals surface area contributed by atoms with Gasteiger partial charge in [-0.1, -0.05) is 0 Å². The molecule has 0 spiro atoms. The average molecular weight is 309 g/mol. The Morgan fingerprint density at radius 2 is 1.95 bits per heavy atom. The summed E-state index contributed by atoms with van der Waals surface area (Å²) in [5.74, 6) is -0.139. The van der Waals surface area contributed by atoms with Crippen LogP contribution >= 0.6 is 11.3 Å². The molecule has 0 aliphatic rings. The van der Waals surface area contributed by atoms with Crippen molar-refractivity contribution < 1.29 is 4.79 Å². The number of hydrogen-bond donors (Lipinski definition) is 0. The standard InChI is InChI=1S/C13H19N5O2S/c1-9(2)17(10(3)4)11(19)8-16-13(20)18(15-14-16)12-6-5-7-21-12/h5-7,9-10H,8H2,1-4H3. The Kier molecular flexibility index (Phi) is 4.56. The van der Waals surface area contributed by atoms with E-state index in [1.54, 1.807) is 11.0 Å². The maximum Gasteiger partial charge on any atom is 0.369 e. The predicted molar refractivity (Wildman–Crippen MR) is 80.6 cm³/mol. The van der Waals surface area contributed by atoms with E-state index in [4.69, 9.17) is 0 Å². The van der Waals surface area contributed by atoms with Gasteiger partial charge in [0, 0.05) is 12.1 Å². The minimum atomic E-state index is -0.404. The van der Waals surface area contributed by atoms with E-state index >= 15 is 0 Å². The maximum absolute atomic E-state index is 12.3. The first-order valence-corrected chi connectivity index (χ1v) is 7.67. The van der Waals surface area contributed by atoms with Gasteiger partial charge in [0.2, 0.25) is 5.91 Å². The van der Waals surface area contributed by atoms with E-state index in [0.717, 1.165) is 4.68 Å². The molecule has 0 saturated heterocycles. The van der Waals surface area contributed by atoms with Crippen LogP contribution in [0.3, 0.4) is 0 Å². The van der Waals surface area contributed by atoms with Gasteiger partial charge in [-0.2, -0.15) is 9.36 Å². The molecule has 0 fully saturated rings. The van der Waals surface area contributed by atoms with Crippen molar-refractivity contribution in [2.24, 2.45) is 0 Å². The Morgan fingerprint density at radius 3 is 2.48 bits per heavy atom. The lowest BCUT2D eigenvalue weighted by atomic mass is 10.2. The highest BCUT2D eigenvalue weighted by molar-refractivity contribution is 7.12. The van der Waals surface area contributed by atoms with E-state index < -0.39 is 5.69 Å². The van der Waals surface area contributed by atoms with Crippen molar-refractivity contribution in [3.05, 3.63) is 28.0 Å². The van der Waals surface area contributed by atoms with Gasteiger partial charge in [0.1, 0.15) is 11.5 Å². The largest absolute Gasteiger partial charge is 0.369 e. The highest BCUT2D eigenvalue weighted by Gasteiger charge is 2.22. The van der Waals surface area contributed by atoms with Crippen molar-refractivity contribution in [3.8, 4) is 5.00 Å². The van der Waals surface area contributed by atoms with Gasteiger partial charge in [-0.15, -0.1) is 11.3 Å². The SMILES string of the molecule is CC(C)N(C(=O)Cn1nnn(-c2cccs2)c1=O)C(C)C. The molecular weight excluding hydrogens is 290 g/mol. The molecule has 2 aromatic rings. The summed E-state index contributed by atoms with van der Waals surface area (Å²) in [5.41, 5.74) is -0.404. The number of aromatic nitrogens is 4. The van der Waals surface area contributed by atoms with Crippen molar-refractivity contribution in [2.75, 3.05) is 0 Å². The van der Waals surface area contributed by atoms with E-state index in [1.165, 1.54) is 16.0 Å². The lowest BCUT2D eigenvalue weighted by Crippen LogP contribution is -2.45. The summed E-state index contributed by atoms with van der Waals surface area (Å²) in [6.07, 6.45) is 0. The molecule has 0 aliphatic carbocycles. The van der Waals surface area contributed by atoms with Gasteiger partial charge < -0.3 is 4.90 Å². The Labute approximate surface area is 126 Å². The van der Waals surface area contributed by atoms with Crippen LogP contribution in [-0.4, -0.2) is 42.7 Å². The molecule has 0 aromatic carbocycles. The molecule has 1 amide bonds. The Morgan fingerprint density at radius 1 is 1.29 bits per heavy atom. The topological polar surface area (TPSA) is 73.0 Å². The molecule has 2 heterocycles. The summed E-state index contributed by atoms with van der Waals surface area (Å²) >= 11 is 1.39. The van der Waals surface area contributed by atoms with E-state index in [9.17, 15) is 9.59 Å². The van der Waals surface area contributed by atoms with Crippen LogP contribution in [0.4, 0.5) is 0 Å². The minimum absolute atomic E-state index is 0.0699. The highest BCUT2D eigenvalue weighted by atomic mass is 32.1. The predicted octanol–water partition coefficient (Wildman–Crippen LogP) is 1.14. The third kappa shape index (κ3) is 3.21. The Bertz CT molecular complexity index is 648. The Balaban J connectivity index is 2.21. The zero-order valence-corrected chi connectivity index (χ0v) is 13.4. The average Bonchev–Trinajstić information content (AvgIpc) is 2.99. The van der Waals surface area contributed by atoms with Crippen LogP contribution in [0.1, 0.15) is 27.7 Å². The number of thiophene rings is 1.